The Morgan fingerprint density at radius 2 is 1.96 bits per heavy atom. The maximum atomic E-state index is 12.5. The van der Waals surface area contributed by atoms with Gasteiger partial charge in [-0.2, -0.15) is 18.2 Å². The Kier molecular flexibility index (Phi) is 3.06. The molecule has 2 aromatic heterocycles. The molecule has 4 heterocycles. The molecule has 0 atom stereocenters. The molecule has 0 aliphatic carbocycles. The summed E-state index contributed by atoms with van der Waals surface area (Å²) in [6.07, 6.45) is -2.40. The van der Waals surface area contributed by atoms with Gasteiger partial charge in [-0.25, -0.2) is 4.98 Å². The highest BCUT2D eigenvalue weighted by atomic mass is 19.4. The lowest BCUT2D eigenvalue weighted by Gasteiger charge is -2.59. The van der Waals surface area contributed by atoms with Gasteiger partial charge in [0.15, 0.2) is 0 Å². The van der Waals surface area contributed by atoms with Gasteiger partial charge < -0.3 is 14.3 Å². The molecule has 2 saturated heterocycles. The largest absolute Gasteiger partial charge is 0.471 e. The first-order valence-electron chi connectivity index (χ1n) is 7.20. The fourth-order valence-corrected chi connectivity index (χ4v) is 3.18. The molecule has 7 nitrogen and oxygen atoms in total. The molecule has 0 N–H and O–H groups in total. The van der Waals surface area contributed by atoms with Crippen LogP contribution < -0.4 is 4.90 Å². The van der Waals surface area contributed by atoms with Gasteiger partial charge in [-0.05, 0) is 12.1 Å². The standard InChI is InChI=1S/C14H12F3N5O2/c15-14(16,17)12-19-11(20-24-12)9-1-2-10(18-3-9)22-6-13(7-22)4-21(5-13)8-23/h1-3,8H,4-7H2. The number of halogens is 3. The highest BCUT2D eigenvalue weighted by molar-refractivity contribution is 5.57. The SMILES string of the molecule is O=CN1CC2(C1)CN(c1ccc(-c3noc(C(F)(F)F)n3)cn1)C2. The Balaban J connectivity index is 1.43. The number of aromatic nitrogens is 3. The molecule has 1 spiro atoms. The van der Waals surface area contributed by atoms with Crippen LogP contribution in [0.15, 0.2) is 22.9 Å². The van der Waals surface area contributed by atoms with Crippen molar-refractivity contribution >= 4 is 12.2 Å². The highest BCUT2D eigenvalue weighted by Crippen LogP contribution is 2.40. The predicted octanol–water partition coefficient (Wildman–Crippen LogP) is 1.43. The maximum Gasteiger partial charge on any atom is 0.471 e. The Bertz CT molecular complexity index is 759. The van der Waals surface area contributed by atoms with Crippen LogP contribution in [0.1, 0.15) is 5.89 Å². The lowest BCUT2D eigenvalue weighted by Crippen LogP contribution is -2.72. The first-order valence-corrected chi connectivity index (χ1v) is 7.20. The number of hydrogen-bond donors (Lipinski definition) is 0. The predicted molar refractivity (Wildman–Crippen MR) is 74.8 cm³/mol. The summed E-state index contributed by atoms with van der Waals surface area (Å²) in [6, 6.07) is 3.32. The number of hydrogen-bond acceptors (Lipinski definition) is 6. The Hall–Kier alpha value is -2.65. The second kappa shape index (κ2) is 4.92. The van der Waals surface area contributed by atoms with E-state index in [-0.39, 0.29) is 11.2 Å². The summed E-state index contributed by atoms with van der Waals surface area (Å²) in [4.78, 5) is 22.0. The van der Waals surface area contributed by atoms with E-state index in [1.165, 1.54) is 6.20 Å². The number of anilines is 1. The Morgan fingerprint density at radius 3 is 2.50 bits per heavy atom. The second-order valence-corrected chi connectivity index (χ2v) is 6.19. The minimum atomic E-state index is -4.66. The number of likely N-dealkylation sites (tertiary alicyclic amines) is 1. The van der Waals surface area contributed by atoms with E-state index >= 15 is 0 Å². The van der Waals surface area contributed by atoms with Crippen molar-refractivity contribution in [2.45, 2.75) is 6.18 Å². The van der Waals surface area contributed by atoms with Gasteiger partial charge in [-0.15, -0.1) is 0 Å². The topological polar surface area (TPSA) is 75.4 Å². The van der Waals surface area contributed by atoms with Crippen molar-refractivity contribution in [1.29, 1.82) is 0 Å². The van der Waals surface area contributed by atoms with Crippen LogP contribution in [-0.4, -0.2) is 52.6 Å². The first kappa shape index (κ1) is 14.9. The highest BCUT2D eigenvalue weighted by Gasteiger charge is 2.51. The molecule has 2 aromatic rings. The van der Waals surface area contributed by atoms with Crippen LogP contribution in [0.3, 0.4) is 0 Å². The van der Waals surface area contributed by atoms with Crippen LogP contribution in [0, 0.1) is 5.41 Å². The molecule has 2 aliphatic rings. The summed E-state index contributed by atoms with van der Waals surface area (Å²) >= 11 is 0. The zero-order chi connectivity index (χ0) is 16.9. The minimum absolute atomic E-state index is 0.151. The van der Waals surface area contributed by atoms with E-state index in [0.29, 0.717) is 5.56 Å². The third kappa shape index (κ3) is 2.38. The lowest BCUT2D eigenvalue weighted by molar-refractivity contribution is -0.159. The van der Waals surface area contributed by atoms with Crippen molar-refractivity contribution in [3.8, 4) is 11.4 Å². The molecular formula is C14H12F3N5O2. The van der Waals surface area contributed by atoms with Crippen molar-refractivity contribution in [3.05, 3.63) is 24.2 Å². The number of pyridine rings is 1. The molecular weight excluding hydrogens is 327 g/mol. The average molecular weight is 339 g/mol. The number of alkyl halides is 3. The molecule has 2 aliphatic heterocycles. The quantitative estimate of drug-likeness (QED) is 0.788. The average Bonchev–Trinajstić information content (AvgIpc) is 2.95. The monoisotopic (exact) mass is 339 g/mol. The van der Waals surface area contributed by atoms with Gasteiger partial charge in [-0.1, -0.05) is 5.16 Å². The summed E-state index contributed by atoms with van der Waals surface area (Å²) in [7, 11) is 0. The summed E-state index contributed by atoms with van der Waals surface area (Å²) in [6.45, 7) is 3.14. The summed E-state index contributed by atoms with van der Waals surface area (Å²) in [5.41, 5.74) is 0.514. The number of amides is 1. The summed E-state index contributed by atoms with van der Waals surface area (Å²) in [5.74, 6) is -0.800. The molecule has 126 valence electrons. The number of nitrogens with zero attached hydrogens (tertiary/aromatic N) is 5. The number of rotatable bonds is 3. The summed E-state index contributed by atoms with van der Waals surface area (Å²) < 4.78 is 41.6. The molecule has 24 heavy (non-hydrogen) atoms. The number of carbonyl (C=O) groups excluding carboxylic acids is 1. The van der Waals surface area contributed by atoms with Gasteiger partial charge >= 0.3 is 12.1 Å². The van der Waals surface area contributed by atoms with E-state index in [0.717, 1.165) is 38.4 Å². The van der Waals surface area contributed by atoms with Crippen LogP contribution in [0.5, 0.6) is 0 Å². The van der Waals surface area contributed by atoms with E-state index in [1.54, 1.807) is 17.0 Å². The molecule has 0 saturated carbocycles. The van der Waals surface area contributed by atoms with Gasteiger partial charge in [0.2, 0.25) is 12.2 Å². The molecule has 0 bridgehead atoms. The van der Waals surface area contributed by atoms with E-state index < -0.39 is 12.1 Å². The van der Waals surface area contributed by atoms with Gasteiger partial charge in [0.25, 0.3) is 0 Å². The van der Waals surface area contributed by atoms with Gasteiger partial charge in [0.05, 0.1) is 0 Å². The van der Waals surface area contributed by atoms with E-state index in [2.05, 4.69) is 24.5 Å². The first-order chi connectivity index (χ1) is 11.4. The Labute approximate surface area is 134 Å². The lowest BCUT2D eigenvalue weighted by atomic mass is 9.73. The maximum absolute atomic E-state index is 12.5. The molecule has 0 aromatic carbocycles. The van der Waals surface area contributed by atoms with Gasteiger partial charge in [-0.3, -0.25) is 4.79 Å². The molecule has 10 heteroatoms. The smallest absolute Gasteiger partial charge is 0.355 e. The van der Waals surface area contributed by atoms with Crippen molar-refractivity contribution < 1.29 is 22.5 Å². The molecule has 0 radical (unpaired) electrons. The van der Waals surface area contributed by atoms with Crippen LogP contribution >= 0.6 is 0 Å². The van der Waals surface area contributed by atoms with Crippen molar-refractivity contribution in [1.82, 2.24) is 20.0 Å². The normalized spacial score (nSPS) is 19.1. The zero-order valence-corrected chi connectivity index (χ0v) is 12.3. The second-order valence-electron chi connectivity index (χ2n) is 6.19. The molecule has 0 unspecified atom stereocenters. The molecule has 4 rings (SSSR count). The summed E-state index contributed by atoms with van der Waals surface area (Å²) in [5, 5.41) is 3.33. The van der Waals surface area contributed by atoms with Crippen LogP contribution in [0.25, 0.3) is 11.4 Å². The van der Waals surface area contributed by atoms with Crippen molar-refractivity contribution in [3.63, 3.8) is 0 Å². The third-order valence-corrected chi connectivity index (χ3v) is 4.28. The van der Waals surface area contributed by atoms with E-state index in [1.807, 2.05) is 0 Å². The Morgan fingerprint density at radius 1 is 1.21 bits per heavy atom. The molecule has 2 fully saturated rings. The van der Waals surface area contributed by atoms with Crippen LogP contribution in [0.4, 0.5) is 19.0 Å². The van der Waals surface area contributed by atoms with Gasteiger partial charge in [0.1, 0.15) is 5.82 Å². The third-order valence-electron chi connectivity index (χ3n) is 4.28. The van der Waals surface area contributed by atoms with E-state index in [9.17, 15) is 18.0 Å². The van der Waals surface area contributed by atoms with Crippen LogP contribution in [0.2, 0.25) is 0 Å². The fourth-order valence-electron chi connectivity index (χ4n) is 3.18. The number of carbonyl (C=O) groups is 1. The fraction of sp³-hybridized carbons (Fsp3) is 0.429. The van der Waals surface area contributed by atoms with Gasteiger partial charge in [0, 0.05) is 43.4 Å². The zero-order valence-electron chi connectivity index (χ0n) is 12.3. The van der Waals surface area contributed by atoms with E-state index in [4.69, 9.17) is 0 Å². The minimum Gasteiger partial charge on any atom is -0.355 e. The van der Waals surface area contributed by atoms with Crippen molar-refractivity contribution in [2.75, 3.05) is 31.1 Å². The van der Waals surface area contributed by atoms with Crippen molar-refractivity contribution in [2.24, 2.45) is 5.41 Å². The van der Waals surface area contributed by atoms with Crippen LogP contribution in [-0.2, 0) is 11.0 Å². The molecule has 1 amide bonds.